The minimum Gasteiger partial charge on any atom is -0.485 e. The lowest BCUT2D eigenvalue weighted by Gasteiger charge is -2.09. The molecule has 2 aromatic carbocycles. The molecule has 0 aliphatic carbocycles. The second kappa shape index (κ2) is 6.22. The molecule has 98 valence electrons. The SMILES string of the molecule is Cc1cc(Br)ccc1OCC(=O)c1ccccc1Cl. The Morgan fingerprint density at radius 3 is 2.68 bits per heavy atom. The molecule has 0 fully saturated rings. The van der Waals surface area contributed by atoms with Crippen LogP contribution in [0.3, 0.4) is 0 Å². The molecular weight excluding hydrogens is 328 g/mol. The second-order valence-electron chi connectivity index (χ2n) is 4.10. The zero-order chi connectivity index (χ0) is 13.8. The zero-order valence-electron chi connectivity index (χ0n) is 10.3. The molecule has 4 heteroatoms. The first-order chi connectivity index (χ1) is 9.08. The van der Waals surface area contributed by atoms with Crippen LogP contribution < -0.4 is 4.74 Å². The number of carbonyl (C=O) groups excluding carboxylic acids is 1. The highest BCUT2D eigenvalue weighted by molar-refractivity contribution is 9.10. The van der Waals surface area contributed by atoms with Gasteiger partial charge in [0.05, 0.1) is 5.02 Å². The van der Waals surface area contributed by atoms with Gasteiger partial charge in [-0.3, -0.25) is 4.79 Å². The Morgan fingerprint density at radius 1 is 1.26 bits per heavy atom. The third-order valence-electron chi connectivity index (χ3n) is 2.67. The lowest BCUT2D eigenvalue weighted by Crippen LogP contribution is -2.12. The summed E-state index contributed by atoms with van der Waals surface area (Å²) in [7, 11) is 0. The summed E-state index contributed by atoms with van der Waals surface area (Å²) < 4.78 is 6.52. The molecule has 0 aromatic heterocycles. The normalized spacial score (nSPS) is 10.3. The van der Waals surface area contributed by atoms with Crippen molar-refractivity contribution in [3.63, 3.8) is 0 Å². The number of hydrogen-bond donors (Lipinski definition) is 0. The van der Waals surface area contributed by atoms with Crippen molar-refractivity contribution in [2.75, 3.05) is 6.61 Å². The van der Waals surface area contributed by atoms with Gasteiger partial charge in [-0.15, -0.1) is 0 Å². The summed E-state index contributed by atoms with van der Waals surface area (Å²) in [5, 5.41) is 0.448. The second-order valence-corrected chi connectivity index (χ2v) is 5.42. The largest absolute Gasteiger partial charge is 0.485 e. The highest BCUT2D eigenvalue weighted by Gasteiger charge is 2.11. The van der Waals surface area contributed by atoms with Crippen molar-refractivity contribution in [3.8, 4) is 5.75 Å². The summed E-state index contributed by atoms with van der Waals surface area (Å²) >= 11 is 9.35. The number of halogens is 2. The Kier molecular flexibility index (Phi) is 4.61. The quantitative estimate of drug-likeness (QED) is 0.757. The van der Waals surface area contributed by atoms with Gasteiger partial charge in [-0.05, 0) is 42.8 Å². The molecule has 19 heavy (non-hydrogen) atoms. The van der Waals surface area contributed by atoms with Gasteiger partial charge in [0.15, 0.2) is 6.61 Å². The molecule has 0 unspecified atom stereocenters. The van der Waals surface area contributed by atoms with E-state index in [9.17, 15) is 4.79 Å². The monoisotopic (exact) mass is 338 g/mol. The zero-order valence-corrected chi connectivity index (χ0v) is 12.7. The van der Waals surface area contributed by atoms with Gasteiger partial charge in [-0.2, -0.15) is 0 Å². The van der Waals surface area contributed by atoms with Crippen LogP contribution in [-0.4, -0.2) is 12.4 Å². The fraction of sp³-hybridized carbons (Fsp3) is 0.133. The molecule has 0 atom stereocenters. The van der Waals surface area contributed by atoms with E-state index in [4.69, 9.17) is 16.3 Å². The summed E-state index contributed by atoms with van der Waals surface area (Å²) in [4.78, 5) is 12.0. The van der Waals surface area contributed by atoms with Gasteiger partial charge in [0.2, 0.25) is 5.78 Å². The summed E-state index contributed by atoms with van der Waals surface area (Å²) in [5.74, 6) is 0.566. The first-order valence-electron chi connectivity index (χ1n) is 5.74. The van der Waals surface area contributed by atoms with E-state index in [2.05, 4.69) is 15.9 Å². The average Bonchev–Trinajstić information content (AvgIpc) is 2.38. The maximum absolute atomic E-state index is 12.0. The predicted molar refractivity (Wildman–Crippen MR) is 80.2 cm³/mol. The molecule has 0 radical (unpaired) electrons. The van der Waals surface area contributed by atoms with Crippen molar-refractivity contribution in [3.05, 3.63) is 63.1 Å². The molecule has 0 aliphatic heterocycles. The van der Waals surface area contributed by atoms with Gasteiger partial charge in [-0.25, -0.2) is 0 Å². The van der Waals surface area contributed by atoms with Crippen molar-refractivity contribution in [1.29, 1.82) is 0 Å². The van der Waals surface area contributed by atoms with E-state index >= 15 is 0 Å². The summed E-state index contributed by atoms with van der Waals surface area (Å²) in [5.41, 5.74) is 1.46. The third-order valence-corrected chi connectivity index (χ3v) is 3.49. The van der Waals surface area contributed by atoms with Gasteiger partial charge in [0.25, 0.3) is 0 Å². The minimum absolute atomic E-state index is 0.0216. The van der Waals surface area contributed by atoms with Crippen LogP contribution in [0.5, 0.6) is 5.75 Å². The highest BCUT2D eigenvalue weighted by Crippen LogP contribution is 2.23. The van der Waals surface area contributed by atoms with Gasteiger partial charge in [-0.1, -0.05) is 39.7 Å². The van der Waals surface area contributed by atoms with Crippen LogP contribution in [0.1, 0.15) is 15.9 Å². The molecule has 0 bridgehead atoms. The van der Waals surface area contributed by atoms with Crippen molar-refractivity contribution in [2.45, 2.75) is 6.92 Å². The van der Waals surface area contributed by atoms with E-state index in [1.54, 1.807) is 24.3 Å². The van der Waals surface area contributed by atoms with Crippen LogP contribution in [-0.2, 0) is 0 Å². The lowest BCUT2D eigenvalue weighted by atomic mass is 10.1. The smallest absolute Gasteiger partial charge is 0.201 e. The van der Waals surface area contributed by atoms with Gasteiger partial charge < -0.3 is 4.74 Å². The van der Waals surface area contributed by atoms with E-state index in [0.717, 1.165) is 10.0 Å². The molecule has 0 amide bonds. The van der Waals surface area contributed by atoms with E-state index in [1.165, 1.54) is 0 Å². The Morgan fingerprint density at radius 2 is 2.00 bits per heavy atom. The van der Waals surface area contributed by atoms with Crippen LogP contribution >= 0.6 is 27.5 Å². The Labute approximate surface area is 125 Å². The van der Waals surface area contributed by atoms with E-state index < -0.39 is 0 Å². The number of rotatable bonds is 4. The molecule has 0 saturated carbocycles. The van der Waals surface area contributed by atoms with Crippen molar-refractivity contribution in [1.82, 2.24) is 0 Å². The fourth-order valence-corrected chi connectivity index (χ4v) is 2.40. The number of hydrogen-bond acceptors (Lipinski definition) is 2. The number of carbonyl (C=O) groups is 1. The molecule has 2 rings (SSSR count). The predicted octanol–water partition coefficient (Wildman–Crippen LogP) is 4.67. The van der Waals surface area contributed by atoms with E-state index in [-0.39, 0.29) is 12.4 Å². The number of ether oxygens (including phenoxy) is 1. The van der Waals surface area contributed by atoms with E-state index in [1.807, 2.05) is 25.1 Å². The first-order valence-corrected chi connectivity index (χ1v) is 6.91. The van der Waals surface area contributed by atoms with Crippen LogP contribution in [0.15, 0.2) is 46.9 Å². The molecule has 0 saturated heterocycles. The van der Waals surface area contributed by atoms with Crippen molar-refractivity contribution < 1.29 is 9.53 Å². The topological polar surface area (TPSA) is 26.3 Å². The molecule has 0 aliphatic rings. The average molecular weight is 340 g/mol. The van der Waals surface area contributed by atoms with Gasteiger partial charge in [0, 0.05) is 10.0 Å². The Bertz CT molecular complexity index is 611. The van der Waals surface area contributed by atoms with Crippen LogP contribution in [0.4, 0.5) is 0 Å². The molecular formula is C15H12BrClO2. The molecule has 2 nitrogen and oxygen atoms in total. The van der Waals surface area contributed by atoms with Crippen LogP contribution in [0, 0.1) is 6.92 Å². The Balaban J connectivity index is 2.07. The van der Waals surface area contributed by atoms with E-state index in [0.29, 0.717) is 16.3 Å². The van der Waals surface area contributed by atoms with Crippen LogP contribution in [0.2, 0.25) is 5.02 Å². The summed E-state index contributed by atoms with van der Waals surface area (Å²) in [6, 6.07) is 12.6. The minimum atomic E-state index is -0.132. The number of aryl methyl sites for hydroxylation is 1. The summed E-state index contributed by atoms with van der Waals surface area (Å²) in [6.07, 6.45) is 0. The standard InChI is InChI=1S/C15H12BrClO2/c1-10-8-11(16)6-7-15(10)19-9-14(18)12-4-2-3-5-13(12)17/h2-8H,9H2,1H3. The summed E-state index contributed by atoms with van der Waals surface area (Å²) in [6.45, 7) is 1.91. The maximum Gasteiger partial charge on any atom is 0.201 e. The maximum atomic E-state index is 12.0. The Hall–Kier alpha value is -1.32. The van der Waals surface area contributed by atoms with Crippen molar-refractivity contribution in [2.24, 2.45) is 0 Å². The number of benzene rings is 2. The highest BCUT2D eigenvalue weighted by atomic mass is 79.9. The van der Waals surface area contributed by atoms with Gasteiger partial charge in [0.1, 0.15) is 5.75 Å². The number of Topliss-reactive ketones (excluding diaryl/α,β-unsaturated/α-hetero) is 1. The number of ketones is 1. The molecule has 0 N–H and O–H groups in total. The molecule has 2 aromatic rings. The first kappa shape index (κ1) is 14.1. The molecule has 0 heterocycles. The van der Waals surface area contributed by atoms with Crippen molar-refractivity contribution >= 4 is 33.3 Å². The third kappa shape index (κ3) is 3.58. The molecule has 0 spiro atoms. The van der Waals surface area contributed by atoms with Crippen LogP contribution in [0.25, 0.3) is 0 Å². The lowest BCUT2D eigenvalue weighted by molar-refractivity contribution is 0.0921. The van der Waals surface area contributed by atoms with Gasteiger partial charge >= 0.3 is 0 Å². The fourth-order valence-electron chi connectivity index (χ4n) is 1.68.